The molecule has 0 aromatic heterocycles. The molecule has 0 radical (unpaired) electrons. The molecule has 1 aliphatic rings. The monoisotopic (exact) mass is 419 g/mol. The van der Waals surface area contributed by atoms with Crippen molar-refractivity contribution in [1.29, 1.82) is 0 Å². The van der Waals surface area contributed by atoms with Gasteiger partial charge in [-0.15, -0.1) is 0 Å². The van der Waals surface area contributed by atoms with Crippen molar-refractivity contribution in [2.45, 2.75) is 21.5 Å². The van der Waals surface area contributed by atoms with Gasteiger partial charge in [0.2, 0.25) is 10.0 Å². The van der Waals surface area contributed by atoms with E-state index in [0.29, 0.717) is 0 Å². The lowest BCUT2D eigenvalue weighted by atomic mass is 10.4. The molecule has 0 spiro atoms. The van der Waals surface area contributed by atoms with E-state index < -0.39 is 25.1 Å². The second-order valence-corrected chi connectivity index (χ2v) is 10.7. The van der Waals surface area contributed by atoms with Gasteiger partial charge in [-0.1, -0.05) is 41.4 Å². The summed E-state index contributed by atoms with van der Waals surface area (Å²) in [6.07, 6.45) is 0.231. The molecule has 3 rings (SSSR count). The van der Waals surface area contributed by atoms with E-state index in [4.69, 9.17) is 23.2 Å². The van der Waals surface area contributed by atoms with Crippen molar-refractivity contribution in [3.05, 3.63) is 58.6 Å². The van der Waals surface area contributed by atoms with E-state index in [1.54, 1.807) is 18.2 Å². The topological polar surface area (TPSA) is 71.5 Å². The maximum absolute atomic E-state index is 12.8. The molecule has 1 unspecified atom stereocenters. The van der Waals surface area contributed by atoms with Crippen LogP contribution in [0.2, 0.25) is 10.0 Å². The molecule has 9 heteroatoms. The average Bonchev–Trinajstić information content (AvgIpc) is 3.09. The van der Waals surface area contributed by atoms with Gasteiger partial charge in [0.05, 0.1) is 15.2 Å². The first-order valence-corrected chi connectivity index (χ1v) is 11.2. The van der Waals surface area contributed by atoms with Gasteiger partial charge in [-0.05, 0) is 36.8 Å². The minimum absolute atomic E-state index is 0.0544. The van der Waals surface area contributed by atoms with Crippen LogP contribution in [0.3, 0.4) is 0 Å². The molecule has 0 N–H and O–H groups in total. The number of nitrogens with zero attached hydrogens (tertiary/aromatic N) is 1. The van der Waals surface area contributed by atoms with Crippen LogP contribution in [0.5, 0.6) is 0 Å². The van der Waals surface area contributed by atoms with Gasteiger partial charge in [0.15, 0.2) is 9.84 Å². The van der Waals surface area contributed by atoms with Crippen molar-refractivity contribution >= 4 is 43.1 Å². The van der Waals surface area contributed by atoms with E-state index in [-0.39, 0.29) is 39.3 Å². The van der Waals surface area contributed by atoms with Crippen LogP contribution in [0, 0.1) is 0 Å². The minimum atomic E-state index is -3.91. The van der Waals surface area contributed by atoms with E-state index in [0.717, 1.165) is 4.31 Å². The van der Waals surface area contributed by atoms with E-state index in [2.05, 4.69) is 0 Å². The Labute approximate surface area is 157 Å². The fraction of sp³-hybridized carbons (Fsp3) is 0.250. The molecule has 1 aliphatic heterocycles. The molecule has 1 fully saturated rings. The van der Waals surface area contributed by atoms with Crippen LogP contribution in [-0.4, -0.2) is 39.5 Å². The van der Waals surface area contributed by atoms with Gasteiger partial charge in [0.25, 0.3) is 0 Å². The fourth-order valence-electron chi connectivity index (χ4n) is 2.79. The second kappa shape index (κ2) is 6.89. The van der Waals surface area contributed by atoms with Crippen LogP contribution < -0.4 is 0 Å². The lowest BCUT2D eigenvalue weighted by Gasteiger charge is -2.18. The highest BCUT2D eigenvalue weighted by Gasteiger charge is 2.40. The zero-order valence-electron chi connectivity index (χ0n) is 13.0. The highest BCUT2D eigenvalue weighted by atomic mass is 35.5. The Balaban J connectivity index is 1.89. The molecule has 0 bridgehead atoms. The zero-order valence-corrected chi connectivity index (χ0v) is 16.1. The van der Waals surface area contributed by atoms with Crippen LogP contribution in [0.1, 0.15) is 6.42 Å². The number of sulfonamides is 1. The lowest BCUT2D eigenvalue weighted by molar-refractivity contribution is 0.476. The summed E-state index contributed by atoms with van der Waals surface area (Å²) in [6.45, 7) is 0.00427. The van der Waals surface area contributed by atoms with Crippen molar-refractivity contribution < 1.29 is 16.8 Å². The number of hydrogen-bond donors (Lipinski definition) is 0. The first-order chi connectivity index (χ1) is 11.7. The summed E-state index contributed by atoms with van der Waals surface area (Å²) in [5.41, 5.74) is 0. The Morgan fingerprint density at radius 1 is 0.960 bits per heavy atom. The van der Waals surface area contributed by atoms with E-state index in [1.165, 1.54) is 30.3 Å². The van der Waals surface area contributed by atoms with E-state index in [1.807, 2.05) is 0 Å². The first kappa shape index (κ1) is 18.7. The quantitative estimate of drug-likeness (QED) is 0.762. The summed E-state index contributed by atoms with van der Waals surface area (Å²) in [5.74, 6) is 0. The first-order valence-electron chi connectivity index (χ1n) is 7.47. The maximum Gasteiger partial charge on any atom is 0.244 e. The van der Waals surface area contributed by atoms with Crippen LogP contribution in [0.15, 0.2) is 58.3 Å². The Bertz CT molecular complexity index is 992. The molecular weight excluding hydrogens is 405 g/mol. The van der Waals surface area contributed by atoms with Gasteiger partial charge in [-0.25, -0.2) is 16.8 Å². The Kier molecular flexibility index (Phi) is 5.14. The van der Waals surface area contributed by atoms with Crippen molar-refractivity contribution in [3.63, 3.8) is 0 Å². The average molecular weight is 420 g/mol. The number of benzene rings is 2. The number of hydrogen-bond acceptors (Lipinski definition) is 4. The molecule has 5 nitrogen and oxygen atoms in total. The highest BCUT2D eigenvalue weighted by molar-refractivity contribution is 7.92. The van der Waals surface area contributed by atoms with E-state index in [9.17, 15) is 16.8 Å². The summed E-state index contributed by atoms with van der Waals surface area (Å²) in [6, 6.07) is 12.2. The van der Waals surface area contributed by atoms with Crippen molar-refractivity contribution in [2.24, 2.45) is 0 Å². The summed E-state index contributed by atoms with van der Waals surface area (Å²) in [5, 5.41) is -0.489. The third-order valence-corrected chi connectivity index (χ3v) is 8.90. The van der Waals surface area contributed by atoms with Crippen LogP contribution in [0.4, 0.5) is 0 Å². The molecule has 0 aliphatic carbocycles. The molecular formula is C16H15Cl2NO4S2. The normalized spacial score (nSPS) is 19.2. The largest absolute Gasteiger partial charge is 0.244 e. The molecule has 2 aromatic rings. The molecule has 0 saturated carbocycles. The van der Waals surface area contributed by atoms with Gasteiger partial charge >= 0.3 is 0 Å². The van der Waals surface area contributed by atoms with Crippen molar-refractivity contribution in [2.75, 3.05) is 13.1 Å². The third-order valence-electron chi connectivity index (χ3n) is 4.13. The predicted molar refractivity (Wildman–Crippen MR) is 97.3 cm³/mol. The van der Waals surface area contributed by atoms with Crippen LogP contribution in [0.25, 0.3) is 0 Å². The van der Waals surface area contributed by atoms with Gasteiger partial charge in [0.1, 0.15) is 4.90 Å². The SMILES string of the molecule is O=S(=O)(c1ccccc1)C1CCN(S(=O)(=O)c2cc(Cl)ccc2Cl)C1. The van der Waals surface area contributed by atoms with E-state index >= 15 is 0 Å². The molecule has 1 atom stereocenters. The van der Waals surface area contributed by atoms with Crippen molar-refractivity contribution in [3.8, 4) is 0 Å². The smallest absolute Gasteiger partial charge is 0.223 e. The summed E-state index contributed by atoms with van der Waals surface area (Å²) in [7, 11) is -7.51. The molecule has 1 heterocycles. The maximum atomic E-state index is 12.8. The zero-order chi connectivity index (χ0) is 18.2. The Morgan fingerprint density at radius 3 is 2.32 bits per heavy atom. The molecule has 25 heavy (non-hydrogen) atoms. The Hall–Kier alpha value is -1.12. The lowest BCUT2D eigenvalue weighted by Crippen LogP contribution is -2.32. The minimum Gasteiger partial charge on any atom is -0.223 e. The molecule has 2 aromatic carbocycles. The van der Waals surface area contributed by atoms with Crippen LogP contribution in [-0.2, 0) is 19.9 Å². The summed E-state index contributed by atoms with van der Waals surface area (Å²) in [4.78, 5) is 0.0828. The number of rotatable bonds is 4. The molecule has 134 valence electrons. The molecule has 0 amide bonds. The second-order valence-electron chi connectivity index (χ2n) is 5.71. The molecule has 1 saturated heterocycles. The van der Waals surface area contributed by atoms with Gasteiger partial charge in [-0.2, -0.15) is 4.31 Å². The van der Waals surface area contributed by atoms with Gasteiger partial charge in [-0.3, -0.25) is 0 Å². The summed E-state index contributed by atoms with van der Waals surface area (Å²) >= 11 is 11.9. The Morgan fingerprint density at radius 2 is 1.64 bits per heavy atom. The number of halogens is 2. The third kappa shape index (κ3) is 3.57. The number of sulfone groups is 1. The summed E-state index contributed by atoms with van der Waals surface area (Å²) < 4.78 is 52.1. The fourth-order valence-corrected chi connectivity index (χ4v) is 6.83. The predicted octanol–water partition coefficient (Wildman–Crippen LogP) is 3.23. The van der Waals surface area contributed by atoms with Crippen molar-refractivity contribution in [1.82, 2.24) is 4.31 Å². The highest BCUT2D eigenvalue weighted by Crippen LogP contribution is 2.32. The van der Waals surface area contributed by atoms with Crippen LogP contribution >= 0.6 is 23.2 Å². The standard InChI is InChI=1S/C16H15Cl2NO4S2/c17-12-6-7-15(18)16(10-12)25(22,23)19-9-8-14(11-19)24(20,21)13-4-2-1-3-5-13/h1-7,10,14H,8-9,11H2. The van der Waals surface area contributed by atoms with Gasteiger partial charge < -0.3 is 0 Å². The van der Waals surface area contributed by atoms with Gasteiger partial charge in [0, 0.05) is 18.1 Å².